The van der Waals surface area contributed by atoms with E-state index >= 15 is 0 Å². The summed E-state index contributed by atoms with van der Waals surface area (Å²) >= 11 is 0. The summed E-state index contributed by atoms with van der Waals surface area (Å²) in [4.78, 5) is 2.82. The van der Waals surface area contributed by atoms with Gasteiger partial charge < -0.3 is 5.73 Å². The van der Waals surface area contributed by atoms with Crippen molar-refractivity contribution in [2.45, 2.75) is 63.5 Å². The van der Waals surface area contributed by atoms with Crippen LogP contribution >= 0.6 is 0 Å². The maximum Gasteiger partial charge on any atom is 0.0249 e. The van der Waals surface area contributed by atoms with E-state index in [2.05, 4.69) is 4.90 Å². The largest absolute Gasteiger partial charge is 0.329 e. The van der Waals surface area contributed by atoms with Crippen LogP contribution in [0.3, 0.4) is 0 Å². The van der Waals surface area contributed by atoms with Gasteiger partial charge in [-0.2, -0.15) is 0 Å². The van der Waals surface area contributed by atoms with Crippen molar-refractivity contribution in [2.24, 2.45) is 17.6 Å². The van der Waals surface area contributed by atoms with Crippen LogP contribution in [0.5, 0.6) is 0 Å². The van der Waals surface area contributed by atoms with E-state index in [0.717, 1.165) is 30.5 Å². The van der Waals surface area contributed by atoms with Crippen LogP contribution in [-0.2, 0) is 0 Å². The standard InChI is InChI=1S/C14H26N2/c15-10-14(12-7-8-12)16-9-3-5-11-4-1-2-6-13(11)16/h11-14H,1-10,15H2. The third-order valence-electron chi connectivity index (χ3n) is 5.12. The van der Waals surface area contributed by atoms with Crippen molar-refractivity contribution in [3.8, 4) is 0 Å². The quantitative estimate of drug-likeness (QED) is 0.794. The molecule has 0 spiro atoms. The van der Waals surface area contributed by atoms with Crippen molar-refractivity contribution in [1.82, 2.24) is 4.90 Å². The van der Waals surface area contributed by atoms with Gasteiger partial charge in [0.2, 0.25) is 0 Å². The van der Waals surface area contributed by atoms with E-state index in [9.17, 15) is 0 Å². The summed E-state index contributed by atoms with van der Waals surface area (Å²) in [6.07, 6.45) is 11.7. The predicted octanol–water partition coefficient (Wildman–Crippen LogP) is 2.38. The van der Waals surface area contributed by atoms with Gasteiger partial charge in [0.25, 0.3) is 0 Å². The van der Waals surface area contributed by atoms with Crippen LogP contribution in [0.1, 0.15) is 51.4 Å². The molecule has 1 aliphatic heterocycles. The third kappa shape index (κ3) is 2.02. The topological polar surface area (TPSA) is 29.3 Å². The molecule has 0 amide bonds. The predicted molar refractivity (Wildman–Crippen MR) is 67.3 cm³/mol. The van der Waals surface area contributed by atoms with Gasteiger partial charge in [-0.05, 0) is 56.9 Å². The number of piperidine rings is 1. The van der Waals surface area contributed by atoms with Gasteiger partial charge in [-0.1, -0.05) is 12.8 Å². The van der Waals surface area contributed by atoms with E-state index in [0.29, 0.717) is 0 Å². The Balaban J connectivity index is 1.71. The van der Waals surface area contributed by atoms with Crippen LogP contribution in [0, 0.1) is 11.8 Å². The van der Waals surface area contributed by atoms with Crippen LogP contribution in [0.2, 0.25) is 0 Å². The maximum absolute atomic E-state index is 6.02. The molecule has 2 N–H and O–H groups in total. The lowest BCUT2D eigenvalue weighted by molar-refractivity contribution is 0.0210. The van der Waals surface area contributed by atoms with Crippen molar-refractivity contribution in [3.05, 3.63) is 0 Å². The minimum absolute atomic E-state index is 0.728. The minimum atomic E-state index is 0.728. The maximum atomic E-state index is 6.02. The molecule has 3 aliphatic rings. The Morgan fingerprint density at radius 2 is 1.75 bits per heavy atom. The molecule has 0 aromatic rings. The highest BCUT2D eigenvalue weighted by Crippen LogP contribution is 2.41. The van der Waals surface area contributed by atoms with Gasteiger partial charge >= 0.3 is 0 Å². The fourth-order valence-electron chi connectivity index (χ4n) is 4.15. The summed E-state index contributed by atoms with van der Waals surface area (Å²) < 4.78 is 0. The van der Waals surface area contributed by atoms with Crippen molar-refractivity contribution >= 4 is 0 Å². The Hall–Kier alpha value is -0.0800. The Morgan fingerprint density at radius 1 is 1.00 bits per heavy atom. The molecule has 2 heteroatoms. The number of hydrogen-bond donors (Lipinski definition) is 1. The molecule has 0 bridgehead atoms. The van der Waals surface area contributed by atoms with Crippen molar-refractivity contribution in [2.75, 3.05) is 13.1 Å². The summed E-state index contributed by atoms with van der Waals surface area (Å²) in [6, 6.07) is 1.63. The normalized spacial score (nSPS) is 38.1. The minimum Gasteiger partial charge on any atom is -0.329 e. The fraction of sp³-hybridized carbons (Fsp3) is 1.00. The molecular formula is C14H26N2. The molecule has 16 heavy (non-hydrogen) atoms. The number of nitrogens with two attached hydrogens (primary N) is 1. The lowest BCUT2D eigenvalue weighted by Crippen LogP contribution is -2.54. The number of likely N-dealkylation sites (tertiary alicyclic amines) is 1. The summed E-state index contributed by atoms with van der Waals surface area (Å²) in [7, 11) is 0. The van der Waals surface area contributed by atoms with Crippen molar-refractivity contribution in [3.63, 3.8) is 0 Å². The smallest absolute Gasteiger partial charge is 0.0249 e. The molecule has 2 saturated carbocycles. The van der Waals surface area contributed by atoms with E-state index in [1.54, 1.807) is 0 Å². The SMILES string of the molecule is NCC(C1CC1)N1CCCC2CCCCC21. The van der Waals surface area contributed by atoms with Gasteiger partial charge in [-0.15, -0.1) is 0 Å². The van der Waals surface area contributed by atoms with Crippen LogP contribution < -0.4 is 5.73 Å². The zero-order valence-corrected chi connectivity index (χ0v) is 10.4. The number of fused-ring (bicyclic) bond motifs is 1. The summed E-state index contributed by atoms with van der Waals surface area (Å²) in [5.74, 6) is 1.96. The molecule has 3 fully saturated rings. The second-order valence-electron chi connectivity index (χ2n) is 6.13. The highest BCUT2D eigenvalue weighted by molar-refractivity contribution is 4.96. The molecule has 3 rings (SSSR count). The molecule has 3 unspecified atom stereocenters. The number of nitrogens with zero attached hydrogens (tertiary/aromatic N) is 1. The molecule has 92 valence electrons. The molecule has 2 nitrogen and oxygen atoms in total. The highest BCUT2D eigenvalue weighted by Gasteiger charge is 2.41. The fourth-order valence-corrected chi connectivity index (χ4v) is 4.15. The summed E-state index contributed by atoms with van der Waals surface area (Å²) in [5, 5.41) is 0. The second-order valence-corrected chi connectivity index (χ2v) is 6.13. The van der Waals surface area contributed by atoms with Crippen molar-refractivity contribution in [1.29, 1.82) is 0 Å². The third-order valence-corrected chi connectivity index (χ3v) is 5.12. The summed E-state index contributed by atoms with van der Waals surface area (Å²) in [5.41, 5.74) is 6.02. The second kappa shape index (κ2) is 4.66. The van der Waals surface area contributed by atoms with E-state index in [1.807, 2.05) is 0 Å². The first kappa shape index (κ1) is 11.0. The Bertz CT molecular complexity index is 235. The molecular weight excluding hydrogens is 196 g/mol. The van der Waals surface area contributed by atoms with E-state index in [1.165, 1.54) is 57.9 Å². The monoisotopic (exact) mass is 222 g/mol. The molecule has 1 saturated heterocycles. The summed E-state index contributed by atoms with van der Waals surface area (Å²) in [6.45, 7) is 2.23. The van der Waals surface area contributed by atoms with E-state index in [4.69, 9.17) is 5.73 Å². The molecule has 0 aromatic carbocycles. The van der Waals surface area contributed by atoms with Gasteiger partial charge in [0.15, 0.2) is 0 Å². The van der Waals surface area contributed by atoms with Gasteiger partial charge in [0.05, 0.1) is 0 Å². The molecule has 0 aromatic heterocycles. The van der Waals surface area contributed by atoms with Crippen LogP contribution in [0.15, 0.2) is 0 Å². The molecule has 1 heterocycles. The first-order valence-corrected chi connectivity index (χ1v) is 7.36. The lowest BCUT2D eigenvalue weighted by atomic mass is 9.77. The average molecular weight is 222 g/mol. The van der Waals surface area contributed by atoms with Crippen LogP contribution in [0.4, 0.5) is 0 Å². The van der Waals surface area contributed by atoms with Crippen LogP contribution in [0.25, 0.3) is 0 Å². The Morgan fingerprint density at radius 3 is 2.50 bits per heavy atom. The van der Waals surface area contributed by atoms with Gasteiger partial charge in [0, 0.05) is 18.6 Å². The van der Waals surface area contributed by atoms with E-state index in [-0.39, 0.29) is 0 Å². The first-order valence-electron chi connectivity index (χ1n) is 7.36. The number of rotatable bonds is 3. The first-order chi connectivity index (χ1) is 7.90. The van der Waals surface area contributed by atoms with Crippen molar-refractivity contribution < 1.29 is 0 Å². The zero-order valence-electron chi connectivity index (χ0n) is 10.4. The molecule has 0 radical (unpaired) electrons. The Labute approximate surface area is 99.6 Å². The van der Waals surface area contributed by atoms with Crippen LogP contribution in [-0.4, -0.2) is 30.1 Å². The van der Waals surface area contributed by atoms with E-state index < -0.39 is 0 Å². The molecule has 2 aliphatic carbocycles. The lowest BCUT2D eigenvalue weighted by Gasteiger charge is -2.47. The average Bonchev–Trinajstić information content (AvgIpc) is 3.15. The van der Waals surface area contributed by atoms with Gasteiger partial charge in [0.1, 0.15) is 0 Å². The van der Waals surface area contributed by atoms with Gasteiger partial charge in [-0.25, -0.2) is 0 Å². The highest BCUT2D eigenvalue weighted by atomic mass is 15.2. The zero-order chi connectivity index (χ0) is 11.0. The molecule has 3 atom stereocenters. The van der Waals surface area contributed by atoms with Gasteiger partial charge in [-0.3, -0.25) is 4.90 Å². The Kier molecular flexibility index (Phi) is 3.21. The number of hydrogen-bond acceptors (Lipinski definition) is 2.